The lowest BCUT2D eigenvalue weighted by Gasteiger charge is -2.30. The third kappa shape index (κ3) is 2.27. The van der Waals surface area contributed by atoms with Crippen LogP contribution in [0.2, 0.25) is 0 Å². The summed E-state index contributed by atoms with van der Waals surface area (Å²) in [6, 6.07) is -0.0307. The van der Waals surface area contributed by atoms with Crippen LogP contribution in [0.1, 0.15) is 13.3 Å². The molecule has 1 unspecified atom stereocenters. The van der Waals surface area contributed by atoms with Gasteiger partial charge in [0, 0.05) is 25.6 Å². The van der Waals surface area contributed by atoms with Crippen molar-refractivity contribution in [2.45, 2.75) is 19.4 Å². The van der Waals surface area contributed by atoms with Gasteiger partial charge in [-0.3, -0.25) is 9.59 Å². The Kier molecular flexibility index (Phi) is 3.00. The first-order valence-corrected chi connectivity index (χ1v) is 4.18. The number of hydrogen-bond donors (Lipinski definition) is 1. The minimum Gasteiger partial charge on any atom is -0.344 e. The van der Waals surface area contributed by atoms with E-state index in [4.69, 9.17) is 0 Å². The first-order chi connectivity index (χ1) is 6.15. The predicted octanol–water partition coefficient (Wildman–Crippen LogP) is -1.08. The van der Waals surface area contributed by atoms with Gasteiger partial charge in [-0.2, -0.15) is 0 Å². The molecule has 5 heteroatoms. The summed E-state index contributed by atoms with van der Waals surface area (Å²) >= 11 is 0. The van der Waals surface area contributed by atoms with Crippen molar-refractivity contribution in [2.75, 3.05) is 13.1 Å². The fourth-order valence-electron chi connectivity index (χ4n) is 1.29. The van der Waals surface area contributed by atoms with Gasteiger partial charge in [-0.25, -0.2) is 0 Å². The molecule has 72 valence electrons. The molecule has 0 aromatic carbocycles. The van der Waals surface area contributed by atoms with E-state index >= 15 is 0 Å². The van der Waals surface area contributed by atoms with Gasteiger partial charge in [0.1, 0.15) is 6.29 Å². The zero-order valence-electron chi connectivity index (χ0n) is 7.45. The van der Waals surface area contributed by atoms with Gasteiger partial charge in [0.25, 0.3) is 0 Å². The molecule has 13 heavy (non-hydrogen) atoms. The van der Waals surface area contributed by atoms with E-state index in [1.54, 1.807) is 0 Å². The molecule has 0 bridgehead atoms. The summed E-state index contributed by atoms with van der Waals surface area (Å²) < 4.78 is 0. The van der Waals surface area contributed by atoms with Crippen molar-refractivity contribution in [3.8, 4) is 0 Å². The lowest BCUT2D eigenvalue weighted by molar-refractivity contribution is -0.149. The van der Waals surface area contributed by atoms with E-state index in [0.29, 0.717) is 13.1 Å². The van der Waals surface area contributed by atoms with Crippen LogP contribution in [0.3, 0.4) is 0 Å². The molecule has 1 aliphatic rings. The second kappa shape index (κ2) is 4.02. The van der Waals surface area contributed by atoms with E-state index in [9.17, 15) is 14.4 Å². The zero-order valence-corrected chi connectivity index (χ0v) is 7.45. The minimum absolute atomic E-state index is 0.0307. The largest absolute Gasteiger partial charge is 0.344 e. The van der Waals surface area contributed by atoms with Crippen molar-refractivity contribution >= 4 is 18.1 Å². The number of nitrogens with zero attached hydrogens (tertiary/aromatic N) is 1. The molecule has 1 aliphatic heterocycles. The molecule has 5 nitrogen and oxygen atoms in total. The van der Waals surface area contributed by atoms with Gasteiger partial charge in [0.15, 0.2) is 0 Å². The first-order valence-electron chi connectivity index (χ1n) is 4.18. The molecule has 1 atom stereocenters. The standard InChI is InChI=1S/C8H12N2O3/c1-6-5-10(3-2-4-11)8(13)7(12)9-6/h4,6H,2-3,5H2,1H3,(H,9,12). The van der Waals surface area contributed by atoms with Crippen molar-refractivity contribution in [2.24, 2.45) is 0 Å². The van der Waals surface area contributed by atoms with Crippen molar-refractivity contribution in [1.82, 2.24) is 10.2 Å². The molecule has 0 aromatic heterocycles. The van der Waals surface area contributed by atoms with Crippen LogP contribution in [-0.2, 0) is 14.4 Å². The summed E-state index contributed by atoms with van der Waals surface area (Å²) in [6.45, 7) is 2.64. The van der Waals surface area contributed by atoms with Crippen LogP contribution in [0, 0.1) is 0 Å². The Morgan fingerprint density at radius 3 is 2.92 bits per heavy atom. The number of aldehydes is 1. The molecule has 1 heterocycles. The molecule has 1 fully saturated rings. The maximum Gasteiger partial charge on any atom is 0.311 e. The zero-order chi connectivity index (χ0) is 9.84. The van der Waals surface area contributed by atoms with Gasteiger partial charge in [0.05, 0.1) is 0 Å². The van der Waals surface area contributed by atoms with Crippen LogP contribution in [0.4, 0.5) is 0 Å². The number of rotatable bonds is 3. The molecule has 1 saturated heterocycles. The number of piperazine rings is 1. The maximum absolute atomic E-state index is 11.2. The second-order valence-electron chi connectivity index (χ2n) is 3.08. The van der Waals surface area contributed by atoms with E-state index in [1.807, 2.05) is 6.92 Å². The molecule has 1 rings (SSSR count). The van der Waals surface area contributed by atoms with Crippen LogP contribution in [-0.4, -0.2) is 42.1 Å². The van der Waals surface area contributed by atoms with Crippen LogP contribution < -0.4 is 5.32 Å². The highest BCUT2D eigenvalue weighted by Crippen LogP contribution is 2.01. The Labute approximate surface area is 76.1 Å². The van der Waals surface area contributed by atoms with Crippen molar-refractivity contribution < 1.29 is 14.4 Å². The average Bonchev–Trinajstić information content (AvgIpc) is 2.09. The SMILES string of the molecule is CC1CN(CCC=O)C(=O)C(=O)N1. The number of nitrogens with one attached hydrogen (secondary N) is 1. The summed E-state index contributed by atoms with van der Waals surface area (Å²) in [5, 5.41) is 2.52. The quantitative estimate of drug-likeness (QED) is 0.448. The van der Waals surface area contributed by atoms with Gasteiger partial charge < -0.3 is 15.0 Å². The highest BCUT2D eigenvalue weighted by molar-refractivity contribution is 6.35. The van der Waals surface area contributed by atoms with Crippen LogP contribution in [0.5, 0.6) is 0 Å². The van der Waals surface area contributed by atoms with Crippen LogP contribution in [0.25, 0.3) is 0 Å². The van der Waals surface area contributed by atoms with Crippen molar-refractivity contribution in [3.05, 3.63) is 0 Å². The monoisotopic (exact) mass is 184 g/mol. The average molecular weight is 184 g/mol. The van der Waals surface area contributed by atoms with Crippen LogP contribution >= 0.6 is 0 Å². The number of carbonyl (C=O) groups excluding carboxylic acids is 3. The summed E-state index contributed by atoms with van der Waals surface area (Å²) in [4.78, 5) is 33.6. The number of carbonyl (C=O) groups is 3. The van der Waals surface area contributed by atoms with Crippen LogP contribution in [0.15, 0.2) is 0 Å². The van der Waals surface area contributed by atoms with Crippen molar-refractivity contribution in [1.29, 1.82) is 0 Å². The topological polar surface area (TPSA) is 66.5 Å². The smallest absolute Gasteiger partial charge is 0.311 e. The van der Waals surface area contributed by atoms with E-state index in [0.717, 1.165) is 6.29 Å². The Morgan fingerprint density at radius 2 is 2.31 bits per heavy atom. The Hall–Kier alpha value is -1.39. The summed E-state index contributed by atoms with van der Waals surface area (Å²) in [5.74, 6) is -1.12. The molecule has 0 saturated carbocycles. The summed E-state index contributed by atoms with van der Waals surface area (Å²) in [7, 11) is 0. The molecule has 0 aromatic rings. The van der Waals surface area contributed by atoms with E-state index in [2.05, 4.69) is 5.32 Å². The van der Waals surface area contributed by atoms with E-state index in [1.165, 1.54) is 4.90 Å². The minimum atomic E-state index is -0.579. The molecule has 0 aliphatic carbocycles. The van der Waals surface area contributed by atoms with Gasteiger partial charge >= 0.3 is 11.8 Å². The molecular formula is C8H12N2O3. The number of amides is 2. The fourth-order valence-corrected chi connectivity index (χ4v) is 1.29. The molecule has 2 amide bonds. The van der Waals surface area contributed by atoms with E-state index in [-0.39, 0.29) is 12.5 Å². The molecule has 0 spiro atoms. The highest BCUT2D eigenvalue weighted by Gasteiger charge is 2.29. The third-order valence-electron chi connectivity index (χ3n) is 1.87. The van der Waals surface area contributed by atoms with Gasteiger partial charge in [-0.15, -0.1) is 0 Å². The van der Waals surface area contributed by atoms with E-state index < -0.39 is 11.8 Å². The molecular weight excluding hydrogens is 172 g/mol. The predicted molar refractivity (Wildman–Crippen MR) is 44.9 cm³/mol. The summed E-state index contributed by atoms with van der Waals surface area (Å²) in [5.41, 5.74) is 0. The normalized spacial score (nSPS) is 22.8. The lowest BCUT2D eigenvalue weighted by Crippen LogP contribution is -2.56. The second-order valence-corrected chi connectivity index (χ2v) is 3.08. The van der Waals surface area contributed by atoms with Gasteiger partial charge in [-0.1, -0.05) is 0 Å². The lowest BCUT2D eigenvalue weighted by atomic mass is 10.2. The highest BCUT2D eigenvalue weighted by atomic mass is 16.2. The Balaban J connectivity index is 2.55. The molecule has 1 N–H and O–H groups in total. The van der Waals surface area contributed by atoms with Gasteiger partial charge in [-0.05, 0) is 6.92 Å². The van der Waals surface area contributed by atoms with Gasteiger partial charge in [0.2, 0.25) is 0 Å². The Bertz CT molecular complexity index is 240. The number of hydrogen-bond acceptors (Lipinski definition) is 3. The Morgan fingerprint density at radius 1 is 1.62 bits per heavy atom. The third-order valence-corrected chi connectivity index (χ3v) is 1.87. The molecule has 0 radical (unpaired) electrons. The summed E-state index contributed by atoms with van der Waals surface area (Å²) in [6.07, 6.45) is 1.02. The fraction of sp³-hybridized carbons (Fsp3) is 0.625. The van der Waals surface area contributed by atoms with Crippen molar-refractivity contribution in [3.63, 3.8) is 0 Å². The first kappa shape index (κ1) is 9.70. The maximum atomic E-state index is 11.2.